The predicted octanol–water partition coefficient (Wildman–Crippen LogP) is 5.58. The summed E-state index contributed by atoms with van der Waals surface area (Å²) in [4.78, 5) is 12.6. The second-order valence-electron chi connectivity index (χ2n) is 8.12. The Kier molecular flexibility index (Phi) is 7.12. The van der Waals surface area contributed by atoms with Crippen molar-refractivity contribution in [1.29, 1.82) is 0 Å². The first-order valence-electron chi connectivity index (χ1n) is 11.2. The molecule has 2 aromatic heterocycles. The number of aromatic nitrogens is 3. The van der Waals surface area contributed by atoms with Crippen LogP contribution in [0.2, 0.25) is 0 Å². The van der Waals surface area contributed by atoms with E-state index in [1.54, 1.807) is 6.26 Å². The largest absolute Gasteiger partial charge is 0.461 e. The zero-order valence-corrected chi connectivity index (χ0v) is 19.0. The van der Waals surface area contributed by atoms with Gasteiger partial charge in [-0.15, -0.1) is 10.2 Å². The van der Waals surface area contributed by atoms with Crippen molar-refractivity contribution in [2.45, 2.75) is 69.6 Å². The third-order valence-corrected chi connectivity index (χ3v) is 6.89. The molecule has 0 bridgehead atoms. The summed E-state index contributed by atoms with van der Waals surface area (Å²) in [5, 5.41) is 12.7. The molecule has 1 amide bonds. The van der Waals surface area contributed by atoms with Gasteiger partial charge in [0.05, 0.1) is 18.1 Å². The van der Waals surface area contributed by atoms with Crippen molar-refractivity contribution in [3.05, 3.63) is 53.8 Å². The number of aryl methyl sites for hydroxylation is 1. The van der Waals surface area contributed by atoms with Gasteiger partial charge in [-0.1, -0.05) is 62.2 Å². The molecular formula is C24H30N4O2S. The van der Waals surface area contributed by atoms with Crippen LogP contribution in [-0.4, -0.2) is 26.4 Å². The molecular weight excluding hydrogens is 408 g/mol. The molecule has 1 atom stereocenters. The van der Waals surface area contributed by atoms with Gasteiger partial charge in [-0.2, -0.15) is 0 Å². The minimum absolute atomic E-state index is 0.00480. The zero-order chi connectivity index (χ0) is 21.6. The Morgan fingerprint density at radius 2 is 1.97 bits per heavy atom. The number of amides is 1. The third kappa shape index (κ3) is 5.21. The summed E-state index contributed by atoms with van der Waals surface area (Å²) >= 11 is 1.45. The number of carbonyl (C=O) groups excluding carboxylic acids is 1. The Morgan fingerprint density at radius 1 is 1.19 bits per heavy atom. The molecule has 1 fully saturated rings. The number of thioether (sulfide) groups is 1. The molecule has 6 nitrogen and oxygen atoms in total. The lowest BCUT2D eigenvalue weighted by Crippen LogP contribution is -2.28. The number of hydrogen-bond donors (Lipinski definition) is 1. The van der Waals surface area contributed by atoms with Crippen molar-refractivity contribution < 1.29 is 9.21 Å². The van der Waals surface area contributed by atoms with Gasteiger partial charge in [-0.05, 0) is 49.4 Å². The van der Waals surface area contributed by atoms with Gasteiger partial charge in [0.1, 0.15) is 0 Å². The van der Waals surface area contributed by atoms with E-state index in [2.05, 4.69) is 51.3 Å². The highest BCUT2D eigenvalue weighted by atomic mass is 32.2. The standard InChI is InChI=1S/C24H30N4O2S/c1-3-18-11-13-19(14-12-18)17(2)25-22(29)16-31-24-27-26-23(21-10-7-15-30-21)28(24)20-8-5-4-6-9-20/h7,10-15,17,20H,3-6,8-9,16H2,1-2H3,(H,25,29). The summed E-state index contributed by atoms with van der Waals surface area (Å²) in [5.41, 5.74) is 2.41. The molecule has 7 heteroatoms. The molecule has 2 heterocycles. The first-order chi connectivity index (χ1) is 15.2. The van der Waals surface area contributed by atoms with Crippen LogP contribution in [0, 0.1) is 0 Å². The average molecular weight is 439 g/mol. The number of benzene rings is 1. The molecule has 0 spiro atoms. The lowest BCUT2D eigenvalue weighted by atomic mass is 9.95. The molecule has 1 saturated carbocycles. The van der Waals surface area contributed by atoms with E-state index in [4.69, 9.17) is 4.42 Å². The summed E-state index contributed by atoms with van der Waals surface area (Å²) in [6, 6.07) is 12.5. The van der Waals surface area contributed by atoms with Crippen molar-refractivity contribution in [1.82, 2.24) is 20.1 Å². The fourth-order valence-corrected chi connectivity index (χ4v) is 4.97. The fourth-order valence-electron chi connectivity index (χ4n) is 4.16. The van der Waals surface area contributed by atoms with Gasteiger partial charge >= 0.3 is 0 Å². The van der Waals surface area contributed by atoms with Crippen LogP contribution in [0.4, 0.5) is 0 Å². The lowest BCUT2D eigenvalue weighted by Gasteiger charge is -2.25. The number of furan rings is 1. The SMILES string of the molecule is CCc1ccc(C(C)NC(=O)CSc2nnc(-c3ccco3)n2C2CCCCC2)cc1. The molecule has 1 aliphatic rings. The van der Waals surface area contributed by atoms with E-state index in [0.29, 0.717) is 11.8 Å². The molecule has 4 rings (SSSR count). The number of nitrogens with zero attached hydrogens (tertiary/aromatic N) is 3. The van der Waals surface area contributed by atoms with E-state index in [1.165, 1.54) is 36.6 Å². The second-order valence-corrected chi connectivity index (χ2v) is 9.06. The topological polar surface area (TPSA) is 73.0 Å². The molecule has 164 valence electrons. The summed E-state index contributed by atoms with van der Waals surface area (Å²) in [5.74, 6) is 1.78. The second kappa shape index (κ2) is 10.2. The van der Waals surface area contributed by atoms with E-state index in [-0.39, 0.29) is 11.9 Å². The van der Waals surface area contributed by atoms with Crippen molar-refractivity contribution in [3.8, 4) is 11.6 Å². The van der Waals surface area contributed by atoms with Gasteiger partial charge in [0, 0.05) is 6.04 Å². The molecule has 0 radical (unpaired) electrons. The molecule has 3 aromatic rings. The maximum atomic E-state index is 12.6. The lowest BCUT2D eigenvalue weighted by molar-refractivity contribution is -0.119. The Bertz CT molecular complexity index is 976. The Balaban J connectivity index is 1.43. The smallest absolute Gasteiger partial charge is 0.230 e. The summed E-state index contributed by atoms with van der Waals surface area (Å²) in [7, 11) is 0. The highest BCUT2D eigenvalue weighted by Gasteiger charge is 2.25. The van der Waals surface area contributed by atoms with Gasteiger partial charge in [0.2, 0.25) is 11.7 Å². The number of carbonyl (C=O) groups is 1. The van der Waals surface area contributed by atoms with Crippen LogP contribution in [0.25, 0.3) is 11.6 Å². The summed E-state index contributed by atoms with van der Waals surface area (Å²) < 4.78 is 7.78. The molecule has 0 aliphatic heterocycles. The first-order valence-corrected chi connectivity index (χ1v) is 12.1. The van der Waals surface area contributed by atoms with Crippen LogP contribution in [-0.2, 0) is 11.2 Å². The van der Waals surface area contributed by atoms with Gasteiger partial charge in [0.25, 0.3) is 0 Å². The number of nitrogens with one attached hydrogen (secondary N) is 1. The van der Waals surface area contributed by atoms with Crippen molar-refractivity contribution in [2.24, 2.45) is 0 Å². The van der Waals surface area contributed by atoms with E-state index in [0.717, 1.165) is 41.6 Å². The normalized spacial score (nSPS) is 15.7. The summed E-state index contributed by atoms with van der Waals surface area (Å²) in [6.07, 6.45) is 8.57. The van der Waals surface area contributed by atoms with Crippen LogP contribution in [0.1, 0.15) is 69.2 Å². The quantitative estimate of drug-likeness (QED) is 0.465. The minimum Gasteiger partial charge on any atom is -0.461 e. The Labute approximate surface area is 187 Å². The van der Waals surface area contributed by atoms with Crippen LogP contribution >= 0.6 is 11.8 Å². The highest BCUT2D eigenvalue weighted by molar-refractivity contribution is 7.99. The monoisotopic (exact) mass is 438 g/mol. The van der Waals surface area contributed by atoms with Crippen LogP contribution < -0.4 is 5.32 Å². The predicted molar refractivity (Wildman–Crippen MR) is 123 cm³/mol. The minimum atomic E-state index is -0.0334. The molecule has 0 saturated heterocycles. The fraction of sp³-hybridized carbons (Fsp3) is 0.458. The molecule has 1 aliphatic carbocycles. The van der Waals surface area contributed by atoms with Crippen LogP contribution in [0.5, 0.6) is 0 Å². The van der Waals surface area contributed by atoms with E-state index >= 15 is 0 Å². The Hall–Kier alpha value is -2.54. The van der Waals surface area contributed by atoms with Gasteiger partial charge in [0.15, 0.2) is 10.9 Å². The van der Waals surface area contributed by atoms with Gasteiger partial charge in [-0.3, -0.25) is 9.36 Å². The van der Waals surface area contributed by atoms with E-state index in [1.807, 2.05) is 19.1 Å². The van der Waals surface area contributed by atoms with Crippen molar-refractivity contribution in [3.63, 3.8) is 0 Å². The number of rotatable bonds is 8. The van der Waals surface area contributed by atoms with E-state index in [9.17, 15) is 4.79 Å². The molecule has 31 heavy (non-hydrogen) atoms. The molecule has 1 N–H and O–H groups in total. The maximum absolute atomic E-state index is 12.6. The van der Waals surface area contributed by atoms with E-state index < -0.39 is 0 Å². The molecule has 1 unspecified atom stereocenters. The van der Waals surface area contributed by atoms with Gasteiger partial charge < -0.3 is 9.73 Å². The van der Waals surface area contributed by atoms with Gasteiger partial charge in [-0.25, -0.2) is 0 Å². The molecule has 1 aromatic carbocycles. The highest BCUT2D eigenvalue weighted by Crippen LogP contribution is 2.35. The Morgan fingerprint density at radius 3 is 2.65 bits per heavy atom. The first kappa shape index (κ1) is 21.7. The van der Waals surface area contributed by atoms with Crippen LogP contribution in [0.3, 0.4) is 0 Å². The number of hydrogen-bond acceptors (Lipinski definition) is 5. The van der Waals surface area contributed by atoms with Crippen molar-refractivity contribution >= 4 is 17.7 Å². The maximum Gasteiger partial charge on any atom is 0.230 e. The third-order valence-electron chi connectivity index (χ3n) is 5.94. The van der Waals surface area contributed by atoms with Crippen molar-refractivity contribution in [2.75, 3.05) is 5.75 Å². The average Bonchev–Trinajstić information content (AvgIpc) is 3.48. The summed E-state index contributed by atoms with van der Waals surface area (Å²) in [6.45, 7) is 4.16. The van der Waals surface area contributed by atoms with Crippen LogP contribution in [0.15, 0.2) is 52.2 Å². The zero-order valence-electron chi connectivity index (χ0n) is 18.2.